The van der Waals surface area contributed by atoms with Crippen molar-refractivity contribution >= 4 is 25.2 Å². The van der Waals surface area contributed by atoms with Crippen molar-refractivity contribution < 1.29 is 20.1 Å². The number of rotatable bonds is 6. The average molecular weight is 548 g/mol. The highest BCUT2D eigenvalue weighted by Gasteiger charge is 2.19. The summed E-state index contributed by atoms with van der Waals surface area (Å²) in [4.78, 5) is 0. The van der Waals surface area contributed by atoms with E-state index >= 15 is 0 Å². The summed E-state index contributed by atoms with van der Waals surface area (Å²) in [6.45, 7) is 0. The molecule has 0 aliphatic heterocycles. The lowest BCUT2D eigenvalue weighted by Crippen LogP contribution is -2.31. The van der Waals surface area contributed by atoms with Crippen molar-refractivity contribution in [1.82, 2.24) is 0 Å². The van der Waals surface area contributed by atoms with Gasteiger partial charge in [0.05, 0.1) is 0 Å². The molecule has 6 heteroatoms. The van der Waals surface area contributed by atoms with Crippen LogP contribution < -0.4 is 10.9 Å². The van der Waals surface area contributed by atoms with Crippen LogP contribution in [0.1, 0.15) is 0 Å². The zero-order valence-electron chi connectivity index (χ0n) is 23.0. The van der Waals surface area contributed by atoms with Gasteiger partial charge in [-0.05, 0) is 55.4 Å². The van der Waals surface area contributed by atoms with Crippen LogP contribution in [-0.2, 0) is 0 Å². The quantitative estimate of drug-likeness (QED) is 0.210. The molecule has 0 spiro atoms. The standard InChI is InChI=1S/2C18H15BO2/c2*20-19(21)18-13-7-6-12-17(18)16-11-5-4-10-15(16)14-8-2-1-3-9-14/h2*1-13,20-21H. The first-order valence-corrected chi connectivity index (χ1v) is 13.7. The molecular weight excluding hydrogens is 518 g/mol. The topological polar surface area (TPSA) is 80.9 Å². The molecule has 0 atom stereocenters. The summed E-state index contributed by atoms with van der Waals surface area (Å²) in [5.41, 5.74) is 9.06. The summed E-state index contributed by atoms with van der Waals surface area (Å²) in [6.07, 6.45) is 0. The van der Waals surface area contributed by atoms with Crippen LogP contribution in [0.4, 0.5) is 0 Å². The van der Waals surface area contributed by atoms with Crippen LogP contribution in [-0.4, -0.2) is 34.3 Å². The fourth-order valence-electron chi connectivity index (χ4n) is 5.11. The molecule has 204 valence electrons. The summed E-state index contributed by atoms with van der Waals surface area (Å²) in [6, 6.07) is 50.9. The van der Waals surface area contributed by atoms with Crippen molar-refractivity contribution in [3.05, 3.63) is 158 Å². The Kier molecular flexibility index (Phi) is 9.44. The maximum absolute atomic E-state index is 9.58. The summed E-state index contributed by atoms with van der Waals surface area (Å²) in [5, 5.41) is 38.3. The minimum Gasteiger partial charge on any atom is -0.423 e. The van der Waals surface area contributed by atoms with Gasteiger partial charge in [0, 0.05) is 0 Å². The lowest BCUT2D eigenvalue weighted by atomic mass is 9.74. The first-order valence-electron chi connectivity index (χ1n) is 13.7. The minimum atomic E-state index is -1.48. The third-order valence-corrected chi connectivity index (χ3v) is 7.08. The summed E-state index contributed by atoms with van der Waals surface area (Å²) >= 11 is 0. The molecule has 42 heavy (non-hydrogen) atoms. The Hall–Kier alpha value is -4.71. The SMILES string of the molecule is OB(O)c1ccccc1-c1ccccc1-c1ccccc1.OB(O)c1ccccc1-c1ccccc1-c1ccccc1. The van der Waals surface area contributed by atoms with Crippen molar-refractivity contribution in [3.63, 3.8) is 0 Å². The summed E-state index contributed by atoms with van der Waals surface area (Å²) in [5.74, 6) is 0. The zero-order chi connectivity index (χ0) is 29.3. The number of benzene rings is 6. The van der Waals surface area contributed by atoms with Crippen molar-refractivity contribution in [1.29, 1.82) is 0 Å². The van der Waals surface area contributed by atoms with E-state index in [0.29, 0.717) is 10.9 Å². The first-order chi connectivity index (χ1) is 20.5. The molecule has 0 aliphatic carbocycles. The number of hydrogen-bond acceptors (Lipinski definition) is 4. The second-order valence-corrected chi connectivity index (χ2v) is 9.75. The highest BCUT2D eigenvalue weighted by Crippen LogP contribution is 2.32. The lowest BCUT2D eigenvalue weighted by molar-refractivity contribution is 0.424. The highest BCUT2D eigenvalue weighted by atomic mass is 16.4. The molecule has 0 fully saturated rings. The molecule has 4 nitrogen and oxygen atoms in total. The van der Waals surface area contributed by atoms with E-state index in [1.807, 2.05) is 121 Å². The van der Waals surface area contributed by atoms with E-state index in [9.17, 15) is 20.1 Å². The van der Waals surface area contributed by atoms with E-state index in [-0.39, 0.29) is 0 Å². The molecule has 0 unspecified atom stereocenters. The lowest BCUT2D eigenvalue weighted by Gasteiger charge is -2.13. The van der Waals surface area contributed by atoms with Gasteiger partial charge in [-0.1, -0.05) is 158 Å². The molecule has 6 rings (SSSR count). The van der Waals surface area contributed by atoms with Gasteiger partial charge in [-0.15, -0.1) is 0 Å². The molecule has 0 radical (unpaired) electrons. The maximum Gasteiger partial charge on any atom is 0.489 e. The molecule has 6 aromatic rings. The van der Waals surface area contributed by atoms with E-state index < -0.39 is 14.2 Å². The smallest absolute Gasteiger partial charge is 0.423 e. The van der Waals surface area contributed by atoms with Gasteiger partial charge in [0.1, 0.15) is 0 Å². The van der Waals surface area contributed by atoms with Crippen molar-refractivity contribution in [2.24, 2.45) is 0 Å². The molecule has 6 aromatic carbocycles. The third-order valence-electron chi connectivity index (χ3n) is 7.08. The normalized spacial score (nSPS) is 10.4. The van der Waals surface area contributed by atoms with Crippen LogP contribution in [0.15, 0.2) is 158 Å². The Balaban J connectivity index is 0.000000168. The van der Waals surface area contributed by atoms with E-state index in [1.54, 1.807) is 12.1 Å². The predicted molar refractivity (Wildman–Crippen MR) is 174 cm³/mol. The first kappa shape index (κ1) is 28.8. The molecule has 0 heterocycles. The van der Waals surface area contributed by atoms with Gasteiger partial charge < -0.3 is 20.1 Å². The molecule has 4 N–H and O–H groups in total. The Labute approximate surface area is 247 Å². The zero-order valence-corrected chi connectivity index (χ0v) is 23.0. The predicted octanol–water partition coefficient (Wildman–Crippen LogP) is 5.40. The molecule has 0 aliphatic rings. The van der Waals surface area contributed by atoms with Crippen molar-refractivity contribution in [2.75, 3.05) is 0 Å². The molecule has 0 bridgehead atoms. The Morgan fingerprint density at radius 3 is 0.857 bits per heavy atom. The molecular formula is C36H30B2O4. The van der Waals surface area contributed by atoms with E-state index in [2.05, 4.69) is 24.3 Å². The van der Waals surface area contributed by atoms with E-state index in [4.69, 9.17) is 0 Å². The van der Waals surface area contributed by atoms with Crippen molar-refractivity contribution in [3.8, 4) is 44.5 Å². The van der Waals surface area contributed by atoms with Crippen molar-refractivity contribution in [2.45, 2.75) is 0 Å². The van der Waals surface area contributed by atoms with E-state index in [0.717, 1.165) is 44.5 Å². The average Bonchev–Trinajstić information content (AvgIpc) is 3.06. The maximum atomic E-state index is 9.58. The van der Waals surface area contributed by atoms with Gasteiger partial charge in [-0.25, -0.2) is 0 Å². The molecule has 0 saturated carbocycles. The Morgan fingerprint density at radius 1 is 0.262 bits per heavy atom. The van der Waals surface area contributed by atoms with Gasteiger partial charge >= 0.3 is 14.2 Å². The number of hydrogen-bond donors (Lipinski definition) is 4. The van der Waals surface area contributed by atoms with Crippen LogP contribution in [0.3, 0.4) is 0 Å². The Morgan fingerprint density at radius 2 is 0.524 bits per heavy atom. The third kappa shape index (κ3) is 6.60. The van der Waals surface area contributed by atoms with Gasteiger partial charge in [-0.3, -0.25) is 0 Å². The summed E-state index contributed by atoms with van der Waals surface area (Å²) < 4.78 is 0. The van der Waals surface area contributed by atoms with Gasteiger partial charge in [-0.2, -0.15) is 0 Å². The second-order valence-electron chi connectivity index (χ2n) is 9.75. The molecule has 0 saturated heterocycles. The molecule has 0 aromatic heterocycles. The fraction of sp³-hybridized carbons (Fsp3) is 0. The second kappa shape index (κ2) is 13.8. The van der Waals surface area contributed by atoms with Gasteiger partial charge in [0.15, 0.2) is 0 Å². The van der Waals surface area contributed by atoms with Crippen LogP contribution in [0.5, 0.6) is 0 Å². The fourth-order valence-corrected chi connectivity index (χ4v) is 5.11. The highest BCUT2D eigenvalue weighted by molar-refractivity contribution is 6.61. The molecule has 0 amide bonds. The monoisotopic (exact) mass is 548 g/mol. The Bertz CT molecular complexity index is 1610. The van der Waals surface area contributed by atoms with Crippen LogP contribution in [0.2, 0.25) is 0 Å². The minimum absolute atomic E-state index is 0.515. The van der Waals surface area contributed by atoms with Crippen LogP contribution in [0, 0.1) is 0 Å². The largest absolute Gasteiger partial charge is 0.489 e. The van der Waals surface area contributed by atoms with Gasteiger partial charge in [0.25, 0.3) is 0 Å². The van der Waals surface area contributed by atoms with Crippen LogP contribution in [0.25, 0.3) is 44.5 Å². The van der Waals surface area contributed by atoms with Gasteiger partial charge in [0.2, 0.25) is 0 Å². The summed E-state index contributed by atoms with van der Waals surface area (Å²) in [7, 11) is -2.96. The van der Waals surface area contributed by atoms with E-state index in [1.165, 1.54) is 0 Å². The van der Waals surface area contributed by atoms with Crippen LogP contribution >= 0.6 is 0 Å².